The number of hydrogen-bond donors (Lipinski definition) is 2. The summed E-state index contributed by atoms with van der Waals surface area (Å²) in [5, 5.41) is 2.94. The van der Waals surface area contributed by atoms with Gasteiger partial charge >= 0.3 is 0 Å². The quantitative estimate of drug-likeness (QED) is 0.694. The lowest BCUT2D eigenvalue weighted by Gasteiger charge is -2.29. The van der Waals surface area contributed by atoms with Gasteiger partial charge in [-0.25, -0.2) is 13.1 Å². The number of carbonyl (C=O) groups is 2. The maximum Gasteiger partial charge on any atom is 0.240 e. The van der Waals surface area contributed by atoms with Crippen LogP contribution < -0.4 is 10.0 Å². The van der Waals surface area contributed by atoms with E-state index < -0.39 is 10.0 Å². The Bertz CT molecular complexity index is 725. The Morgan fingerprint density at radius 1 is 1.24 bits per heavy atom. The number of benzene rings is 1. The molecule has 0 saturated carbocycles. The fourth-order valence-electron chi connectivity index (χ4n) is 2.72. The van der Waals surface area contributed by atoms with Crippen molar-refractivity contribution in [1.29, 1.82) is 0 Å². The van der Waals surface area contributed by atoms with Crippen molar-refractivity contribution in [2.45, 2.75) is 37.1 Å². The molecule has 1 saturated heterocycles. The highest BCUT2D eigenvalue weighted by Crippen LogP contribution is 2.12. The molecule has 8 heteroatoms. The largest absolute Gasteiger partial charge is 0.353 e. The molecule has 0 atom stereocenters. The van der Waals surface area contributed by atoms with Gasteiger partial charge in [0.25, 0.3) is 0 Å². The predicted molar refractivity (Wildman–Crippen MR) is 94.9 cm³/mol. The Morgan fingerprint density at radius 3 is 2.56 bits per heavy atom. The molecule has 1 aromatic rings. The molecule has 25 heavy (non-hydrogen) atoms. The van der Waals surface area contributed by atoms with Crippen molar-refractivity contribution in [3.05, 3.63) is 29.8 Å². The molecule has 2 rings (SSSR count). The molecule has 1 fully saturated rings. The molecule has 7 nitrogen and oxygen atoms in total. The standard InChI is InChI=1S/C17H25N3O4S/c1-13(21)14-4-3-5-16(12-14)25(23,24)18-9-6-17(22)19-15-7-10-20(2)11-8-15/h3-5,12,15,18H,6-11H2,1-2H3,(H,19,22). The van der Waals surface area contributed by atoms with Crippen molar-refractivity contribution >= 4 is 21.7 Å². The summed E-state index contributed by atoms with van der Waals surface area (Å²) in [6.45, 7) is 3.30. The number of ketones is 1. The normalized spacial score (nSPS) is 16.6. The molecule has 1 aromatic carbocycles. The highest BCUT2D eigenvalue weighted by molar-refractivity contribution is 7.89. The van der Waals surface area contributed by atoms with Crippen LogP contribution in [0.1, 0.15) is 36.5 Å². The van der Waals surface area contributed by atoms with Gasteiger partial charge < -0.3 is 10.2 Å². The van der Waals surface area contributed by atoms with Crippen LogP contribution in [0.5, 0.6) is 0 Å². The molecule has 2 N–H and O–H groups in total. The van der Waals surface area contributed by atoms with Crippen LogP contribution in [0, 0.1) is 0 Å². The lowest BCUT2D eigenvalue weighted by Crippen LogP contribution is -2.44. The first-order valence-electron chi connectivity index (χ1n) is 8.36. The Hall–Kier alpha value is -1.77. The van der Waals surface area contributed by atoms with Gasteiger partial charge in [0.05, 0.1) is 4.90 Å². The first-order chi connectivity index (χ1) is 11.8. The monoisotopic (exact) mass is 367 g/mol. The smallest absolute Gasteiger partial charge is 0.240 e. The lowest BCUT2D eigenvalue weighted by atomic mass is 10.1. The number of likely N-dealkylation sites (tertiary alicyclic amines) is 1. The van der Waals surface area contributed by atoms with E-state index in [1.165, 1.54) is 25.1 Å². The molecule has 0 aliphatic carbocycles. The van der Waals surface area contributed by atoms with E-state index in [1.54, 1.807) is 6.07 Å². The number of carbonyl (C=O) groups excluding carboxylic acids is 2. The molecule has 1 aliphatic heterocycles. The van der Waals surface area contributed by atoms with E-state index in [-0.39, 0.29) is 35.6 Å². The summed E-state index contributed by atoms with van der Waals surface area (Å²) < 4.78 is 26.9. The van der Waals surface area contributed by atoms with Crippen LogP contribution >= 0.6 is 0 Å². The van der Waals surface area contributed by atoms with Gasteiger partial charge in [-0.1, -0.05) is 12.1 Å². The second kappa shape index (κ2) is 8.55. The summed E-state index contributed by atoms with van der Waals surface area (Å²) in [5.41, 5.74) is 0.336. The van der Waals surface area contributed by atoms with Crippen LogP contribution in [-0.4, -0.2) is 57.7 Å². The molecule has 1 amide bonds. The second-order valence-corrected chi connectivity index (χ2v) is 8.14. The molecule has 0 unspecified atom stereocenters. The average molecular weight is 367 g/mol. The minimum atomic E-state index is -3.74. The van der Waals surface area contributed by atoms with E-state index in [0.717, 1.165) is 25.9 Å². The fourth-order valence-corrected chi connectivity index (χ4v) is 3.79. The maximum atomic E-state index is 12.3. The molecular weight excluding hydrogens is 342 g/mol. The molecule has 138 valence electrons. The van der Waals surface area contributed by atoms with Gasteiger partial charge in [-0.15, -0.1) is 0 Å². The maximum absolute atomic E-state index is 12.3. The predicted octanol–water partition coefficient (Wildman–Crippen LogP) is 0.768. The van der Waals surface area contributed by atoms with E-state index in [4.69, 9.17) is 0 Å². The summed E-state index contributed by atoms with van der Waals surface area (Å²) in [7, 11) is -1.69. The number of Topliss-reactive ketones (excluding diaryl/α,β-unsaturated/α-hetero) is 1. The third-order valence-electron chi connectivity index (χ3n) is 4.28. The minimum absolute atomic E-state index is 0.0189. The number of amides is 1. The Kier molecular flexibility index (Phi) is 6.69. The summed E-state index contributed by atoms with van der Waals surface area (Å²) in [6, 6.07) is 6.01. The Labute approximate surface area is 148 Å². The zero-order valence-electron chi connectivity index (χ0n) is 14.6. The van der Waals surface area contributed by atoms with Crippen molar-refractivity contribution < 1.29 is 18.0 Å². The number of hydrogen-bond acceptors (Lipinski definition) is 5. The number of nitrogens with one attached hydrogen (secondary N) is 2. The molecular formula is C17H25N3O4S. The summed E-state index contributed by atoms with van der Waals surface area (Å²) >= 11 is 0. The van der Waals surface area contributed by atoms with E-state index in [0.29, 0.717) is 5.56 Å². The second-order valence-electron chi connectivity index (χ2n) is 6.38. The lowest BCUT2D eigenvalue weighted by molar-refractivity contribution is -0.121. The molecule has 0 spiro atoms. The van der Waals surface area contributed by atoms with E-state index in [2.05, 4.69) is 14.9 Å². The van der Waals surface area contributed by atoms with Gasteiger partial charge in [-0.3, -0.25) is 9.59 Å². The Balaban J connectivity index is 1.82. The van der Waals surface area contributed by atoms with Crippen molar-refractivity contribution in [3.8, 4) is 0 Å². The zero-order chi connectivity index (χ0) is 18.4. The van der Waals surface area contributed by atoms with E-state index >= 15 is 0 Å². The SMILES string of the molecule is CC(=O)c1cccc(S(=O)(=O)NCCC(=O)NC2CCN(C)CC2)c1. The van der Waals surface area contributed by atoms with Gasteiger partial charge in [0, 0.05) is 24.6 Å². The zero-order valence-corrected chi connectivity index (χ0v) is 15.4. The number of nitrogens with zero attached hydrogens (tertiary/aromatic N) is 1. The third kappa shape index (κ3) is 5.91. The summed E-state index contributed by atoms with van der Waals surface area (Å²) in [5.74, 6) is -0.357. The highest BCUT2D eigenvalue weighted by atomic mass is 32.2. The van der Waals surface area contributed by atoms with Crippen LogP contribution in [-0.2, 0) is 14.8 Å². The molecule has 1 heterocycles. The summed E-state index contributed by atoms with van der Waals surface area (Å²) in [6.07, 6.45) is 1.90. The van der Waals surface area contributed by atoms with Crippen LogP contribution in [0.25, 0.3) is 0 Å². The van der Waals surface area contributed by atoms with Gasteiger partial charge in [0.2, 0.25) is 15.9 Å². The van der Waals surface area contributed by atoms with Crippen molar-refractivity contribution in [1.82, 2.24) is 14.9 Å². The van der Waals surface area contributed by atoms with E-state index in [1.807, 2.05) is 7.05 Å². The Morgan fingerprint density at radius 2 is 1.92 bits per heavy atom. The molecule has 0 aromatic heterocycles. The van der Waals surface area contributed by atoms with Crippen LogP contribution in [0.4, 0.5) is 0 Å². The van der Waals surface area contributed by atoms with Crippen molar-refractivity contribution in [3.63, 3.8) is 0 Å². The van der Waals surface area contributed by atoms with Crippen LogP contribution in [0.3, 0.4) is 0 Å². The molecule has 0 bridgehead atoms. The van der Waals surface area contributed by atoms with Crippen LogP contribution in [0.15, 0.2) is 29.2 Å². The number of rotatable bonds is 7. The third-order valence-corrected chi connectivity index (χ3v) is 5.74. The summed E-state index contributed by atoms with van der Waals surface area (Å²) in [4.78, 5) is 25.6. The van der Waals surface area contributed by atoms with Gasteiger partial charge in [0.15, 0.2) is 5.78 Å². The number of piperidine rings is 1. The van der Waals surface area contributed by atoms with Crippen LogP contribution in [0.2, 0.25) is 0 Å². The average Bonchev–Trinajstić information content (AvgIpc) is 2.57. The molecule has 0 radical (unpaired) electrons. The number of sulfonamides is 1. The minimum Gasteiger partial charge on any atom is -0.353 e. The fraction of sp³-hybridized carbons (Fsp3) is 0.529. The molecule has 1 aliphatic rings. The van der Waals surface area contributed by atoms with Crippen molar-refractivity contribution in [2.75, 3.05) is 26.7 Å². The topological polar surface area (TPSA) is 95.6 Å². The first kappa shape index (κ1) is 19.6. The van der Waals surface area contributed by atoms with Gasteiger partial charge in [0.1, 0.15) is 0 Å². The van der Waals surface area contributed by atoms with Crippen molar-refractivity contribution in [2.24, 2.45) is 0 Å². The van der Waals surface area contributed by atoms with Gasteiger partial charge in [-0.2, -0.15) is 0 Å². The van der Waals surface area contributed by atoms with E-state index in [9.17, 15) is 18.0 Å². The van der Waals surface area contributed by atoms with Gasteiger partial charge in [-0.05, 0) is 52.0 Å². The highest BCUT2D eigenvalue weighted by Gasteiger charge is 2.19. The first-order valence-corrected chi connectivity index (χ1v) is 9.85.